The summed E-state index contributed by atoms with van der Waals surface area (Å²) in [5, 5.41) is 3.51. The quantitative estimate of drug-likeness (QED) is 0.783. The number of halogens is 1. The zero-order valence-electron chi connectivity index (χ0n) is 13.7. The molecule has 0 spiro atoms. The van der Waals surface area contributed by atoms with Crippen LogP contribution < -0.4 is 5.32 Å². The van der Waals surface area contributed by atoms with Crippen LogP contribution in [0.5, 0.6) is 0 Å². The minimum atomic E-state index is -3.21. The minimum absolute atomic E-state index is 0.0518. The van der Waals surface area contributed by atoms with Crippen LogP contribution in [0, 0.1) is 0 Å². The molecule has 1 saturated heterocycles. The normalized spacial score (nSPS) is 19.2. The SMILES string of the molecule is CS(=O)(=O)N1CCO[C@H](CNC(=O)CCCc2ccc(Cl)cc2)C1. The lowest BCUT2D eigenvalue weighted by Gasteiger charge is -2.31. The highest BCUT2D eigenvalue weighted by Crippen LogP contribution is 2.12. The second-order valence-corrected chi connectivity index (χ2v) is 8.32. The summed E-state index contributed by atoms with van der Waals surface area (Å²) in [7, 11) is -3.21. The molecule has 1 aromatic carbocycles. The Balaban J connectivity index is 1.66. The van der Waals surface area contributed by atoms with Crippen molar-refractivity contribution in [3.63, 3.8) is 0 Å². The largest absolute Gasteiger partial charge is 0.374 e. The van der Waals surface area contributed by atoms with Crippen LogP contribution in [0.1, 0.15) is 18.4 Å². The molecule has 0 radical (unpaired) electrons. The molecule has 0 bridgehead atoms. The Morgan fingerprint density at radius 2 is 2.08 bits per heavy atom. The van der Waals surface area contributed by atoms with Crippen LogP contribution in [0.3, 0.4) is 0 Å². The number of carbonyl (C=O) groups excluding carboxylic acids is 1. The summed E-state index contributed by atoms with van der Waals surface area (Å²) in [5.41, 5.74) is 1.15. The summed E-state index contributed by atoms with van der Waals surface area (Å²) in [6, 6.07) is 7.58. The van der Waals surface area contributed by atoms with Crippen LogP contribution in [0.15, 0.2) is 24.3 Å². The highest BCUT2D eigenvalue weighted by atomic mass is 35.5. The van der Waals surface area contributed by atoms with E-state index in [0.717, 1.165) is 18.4 Å². The summed E-state index contributed by atoms with van der Waals surface area (Å²) in [5.74, 6) is -0.0518. The third-order valence-electron chi connectivity index (χ3n) is 3.88. The van der Waals surface area contributed by atoms with Crippen LogP contribution >= 0.6 is 11.6 Å². The number of ether oxygens (including phenoxy) is 1. The van der Waals surface area contributed by atoms with E-state index in [-0.39, 0.29) is 18.6 Å². The van der Waals surface area contributed by atoms with Gasteiger partial charge in [-0.3, -0.25) is 4.79 Å². The monoisotopic (exact) mass is 374 g/mol. The fraction of sp³-hybridized carbons (Fsp3) is 0.562. The van der Waals surface area contributed by atoms with E-state index in [1.807, 2.05) is 24.3 Å². The molecule has 1 heterocycles. The standard InChI is InChI=1S/C16H23ClN2O4S/c1-24(21,22)19-9-10-23-15(12-19)11-18-16(20)4-2-3-13-5-7-14(17)8-6-13/h5-8,15H,2-4,9-12H2,1H3,(H,18,20)/t15-/m1/s1. The molecule has 24 heavy (non-hydrogen) atoms. The van der Waals surface area contributed by atoms with Crippen molar-refractivity contribution in [2.45, 2.75) is 25.4 Å². The lowest BCUT2D eigenvalue weighted by atomic mass is 10.1. The first-order valence-corrected chi connectivity index (χ1v) is 10.1. The topological polar surface area (TPSA) is 75.7 Å². The van der Waals surface area contributed by atoms with Crippen molar-refractivity contribution in [1.82, 2.24) is 9.62 Å². The first kappa shape index (κ1) is 19.2. The van der Waals surface area contributed by atoms with Crippen molar-refractivity contribution in [2.24, 2.45) is 0 Å². The molecule has 0 aliphatic carbocycles. The maximum Gasteiger partial charge on any atom is 0.220 e. The maximum absolute atomic E-state index is 11.9. The fourth-order valence-electron chi connectivity index (χ4n) is 2.54. The van der Waals surface area contributed by atoms with Gasteiger partial charge in [0.1, 0.15) is 0 Å². The summed E-state index contributed by atoms with van der Waals surface area (Å²) < 4.78 is 30.0. The van der Waals surface area contributed by atoms with E-state index in [0.29, 0.717) is 31.1 Å². The van der Waals surface area contributed by atoms with E-state index in [1.54, 1.807) is 0 Å². The van der Waals surface area contributed by atoms with Crippen molar-refractivity contribution < 1.29 is 17.9 Å². The molecule has 1 aromatic rings. The summed E-state index contributed by atoms with van der Waals surface area (Å²) in [6.07, 6.45) is 2.87. The van der Waals surface area contributed by atoms with Gasteiger partial charge in [-0.05, 0) is 30.5 Å². The number of sulfonamides is 1. The zero-order valence-corrected chi connectivity index (χ0v) is 15.3. The summed E-state index contributed by atoms with van der Waals surface area (Å²) in [4.78, 5) is 11.9. The van der Waals surface area contributed by atoms with Crippen LogP contribution in [-0.4, -0.2) is 57.2 Å². The predicted molar refractivity (Wildman–Crippen MR) is 93.6 cm³/mol. The van der Waals surface area contributed by atoms with Crippen molar-refractivity contribution in [2.75, 3.05) is 32.5 Å². The molecule has 1 fully saturated rings. The third kappa shape index (κ3) is 6.39. The van der Waals surface area contributed by atoms with E-state index in [4.69, 9.17) is 16.3 Å². The van der Waals surface area contributed by atoms with Gasteiger partial charge in [0.15, 0.2) is 0 Å². The van der Waals surface area contributed by atoms with Gasteiger partial charge in [-0.25, -0.2) is 8.42 Å². The molecule has 1 atom stereocenters. The van der Waals surface area contributed by atoms with Gasteiger partial charge in [0.05, 0.1) is 19.0 Å². The Bertz CT molecular complexity index is 649. The van der Waals surface area contributed by atoms with Gasteiger partial charge in [-0.1, -0.05) is 23.7 Å². The number of hydrogen-bond donors (Lipinski definition) is 1. The van der Waals surface area contributed by atoms with Crippen molar-refractivity contribution in [1.29, 1.82) is 0 Å². The number of carbonyl (C=O) groups is 1. The number of nitrogens with one attached hydrogen (secondary N) is 1. The van der Waals surface area contributed by atoms with Gasteiger partial charge in [-0.15, -0.1) is 0 Å². The van der Waals surface area contributed by atoms with Crippen molar-refractivity contribution in [3.8, 4) is 0 Å². The molecule has 134 valence electrons. The van der Waals surface area contributed by atoms with Gasteiger partial charge in [0, 0.05) is 31.1 Å². The molecule has 1 amide bonds. The number of rotatable bonds is 7. The molecule has 0 aromatic heterocycles. The lowest BCUT2D eigenvalue weighted by Crippen LogP contribution is -2.49. The molecule has 8 heteroatoms. The second kappa shape index (κ2) is 8.80. The van der Waals surface area contributed by atoms with E-state index in [1.165, 1.54) is 10.6 Å². The number of hydrogen-bond acceptors (Lipinski definition) is 4. The summed E-state index contributed by atoms with van der Waals surface area (Å²) in [6.45, 7) is 1.32. The first-order chi connectivity index (χ1) is 11.3. The van der Waals surface area contributed by atoms with Gasteiger partial charge >= 0.3 is 0 Å². The Hall–Kier alpha value is -1.15. The highest BCUT2D eigenvalue weighted by molar-refractivity contribution is 7.88. The van der Waals surface area contributed by atoms with Gasteiger partial charge < -0.3 is 10.1 Å². The number of nitrogens with zero attached hydrogens (tertiary/aromatic N) is 1. The highest BCUT2D eigenvalue weighted by Gasteiger charge is 2.26. The van der Waals surface area contributed by atoms with Gasteiger partial charge in [0.25, 0.3) is 0 Å². The summed E-state index contributed by atoms with van der Waals surface area (Å²) >= 11 is 5.83. The molecule has 0 saturated carbocycles. The zero-order chi connectivity index (χ0) is 17.6. The van der Waals surface area contributed by atoms with E-state index in [2.05, 4.69) is 5.32 Å². The van der Waals surface area contributed by atoms with Crippen molar-refractivity contribution >= 4 is 27.5 Å². The third-order valence-corrected chi connectivity index (χ3v) is 5.40. The molecule has 1 aliphatic rings. The van der Waals surface area contributed by atoms with E-state index >= 15 is 0 Å². The van der Waals surface area contributed by atoms with E-state index < -0.39 is 10.0 Å². The van der Waals surface area contributed by atoms with Crippen LogP contribution in [0.25, 0.3) is 0 Å². The molecule has 1 N–H and O–H groups in total. The number of benzene rings is 1. The number of aryl methyl sites for hydroxylation is 1. The fourth-order valence-corrected chi connectivity index (χ4v) is 3.51. The second-order valence-electron chi connectivity index (χ2n) is 5.90. The average molecular weight is 375 g/mol. The predicted octanol–water partition coefficient (Wildman–Crippen LogP) is 1.44. The first-order valence-electron chi connectivity index (χ1n) is 7.92. The Labute approximate surface area is 148 Å². The molecule has 1 aliphatic heterocycles. The Morgan fingerprint density at radius 1 is 1.38 bits per heavy atom. The van der Waals surface area contributed by atoms with Gasteiger partial charge in [-0.2, -0.15) is 4.31 Å². The van der Waals surface area contributed by atoms with Crippen LogP contribution in [-0.2, 0) is 26.0 Å². The number of amides is 1. The average Bonchev–Trinajstić information content (AvgIpc) is 2.54. The Kier molecular flexibility index (Phi) is 7.03. The van der Waals surface area contributed by atoms with Crippen LogP contribution in [0.2, 0.25) is 5.02 Å². The van der Waals surface area contributed by atoms with E-state index in [9.17, 15) is 13.2 Å². The molecular formula is C16H23ClN2O4S. The molecule has 0 unspecified atom stereocenters. The van der Waals surface area contributed by atoms with Crippen LogP contribution in [0.4, 0.5) is 0 Å². The lowest BCUT2D eigenvalue weighted by molar-refractivity contribution is -0.122. The smallest absolute Gasteiger partial charge is 0.220 e. The molecular weight excluding hydrogens is 352 g/mol. The van der Waals surface area contributed by atoms with Crippen molar-refractivity contribution in [3.05, 3.63) is 34.9 Å². The molecule has 6 nitrogen and oxygen atoms in total. The minimum Gasteiger partial charge on any atom is -0.374 e. The maximum atomic E-state index is 11.9. The number of morpholine rings is 1. The Morgan fingerprint density at radius 3 is 2.75 bits per heavy atom. The van der Waals surface area contributed by atoms with Gasteiger partial charge in [0.2, 0.25) is 15.9 Å². The molecule has 2 rings (SSSR count).